The summed E-state index contributed by atoms with van der Waals surface area (Å²) in [6.07, 6.45) is 3.51. The second kappa shape index (κ2) is 3.32. The Morgan fingerprint density at radius 2 is 2.24 bits per heavy atom. The number of rotatable bonds is 1. The summed E-state index contributed by atoms with van der Waals surface area (Å²) in [5.41, 5.74) is 0.854. The zero-order chi connectivity index (χ0) is 12.2. The number of carbonyl (C=O) groups is 1. The first-order valence-electron chi connectivity index (χ1n) is 5.75. The maximum absolute atomic E-state index is 12.3. The Balaban J connectivity index is 2.10. The van der Waals surface area contributed by atoms with Crippen molar-refractivity contribution >= 4 is 18.2 Å². The van der Waals surface area contributed by atoms with E-state index in [2.05, 4.69) is 21.8 Å². The largest absolute Gasteiger partial charge is 0.340 e. The highest BCUT2D eigenvalue weighted by Crippen LogP contribution is 2.29. The highest BCUT2D eigenvalue weighted by atomic mass is 16.2. The van der Waals surface area contributed by atoms with Crippen LogP contribution in [0.3, 0.4) is 0 Å². The van der Waals surface area contributed by atoms with Crippen molar-refractivity contribution < 1.29 is 4.79 Å². The zero-order valence-corrected chi connectivity index (χ0v) is 10.2. The van der Waals surface area contributed by atoms with E-state index >= 15 is 0 Å². The van der Waals surface area contributed by atoms with Crippen LogP contribution in [-0.4, -0.2) is 52.5 Å². The molecule has 90 valence electrons. The minimum Gasteiger partial charge on any atom is -0.340 e. The molecule has 17 heavy (non-hydrogen) atoms. The molecular formula is C11H15N5O. The first-order valence-corrected chi connectivity index (χ1v) is 5.75. The minimum atomic E-state index is -0.332. The van der Waals surface area contributed by atoms with Gasteiger partial charge in [-0.15, -0.1) is 0 Å². The Morgan fingerprint density at radius 1 is 1.47 bits per heavy atom. The Labute approximate surface area is 99.6 Å². The van der Waals surface area contributed by atoms with E-state index in [9.17, 15) is 4.79 Å². The third-order valence-electron chi connectivity index (χ3n) is 3.37. The fraction of sp³-hybridized carbons (Fsp3) is 0.545. The highest BCUT2D eigenvalue weighted by molar-refractivity contribution is 5.92. The molecule has 0 saturated heterocycles. The van der Waals surface area contributed by atoms with E-state index in [-0.39, 0.29) is 18.1 Å². The van der Waals surface area contributed by atoms with Crippen LogP contribution in [0.25, 0.3) is 0 Å². The summed E-state index contributed by atoms with van der Waals surface area (Å²) in [5, 5.41) is 0. The molecule has 0 radical (unpaired) electrons. The van der Waals surface area contributed by atoms with E-state index in [1.165, 1.54) is 0 Å². The van der Waals surface area contributed by atoms with Crippen molar-refractivity contribution in [1.29, 1.82) is 0 Å². The monoisotopic (exact) mass is 233 g/mol. The van der Waals surface area contributed by atoms with Crippen molar-refractivity contribution in [2.75, 3.05) is 18.5 Å². The first kappa shape index (κ1) is 10.3. The Hall–Kier alpha value is -1.85. The molecule has 1 aromatic heterocycles. The van der Waals surface area contributed by atoms with E-state index in [1.54, 1.807) is 17.1 Å². The molecule has 1 aromatic rings. The summed E-state index contributed by atoms with van der Waals surface area (Å²) < 4.78 is 1.60. The number of aromatic nitrogens is 2. The molecule has 3 rings (SSSR count). The predicted molar refractivity (Wildman–Crippen MR) is 64.4 cm³/mol. The van der Waals surface area contributed by atoms with Gasteiger partial charge in [0.25, 0.3) is 5.91 Å². The lowest BCUT2D eigenvalue weighted by molar-refractivity contribution is 0.0830. The number of hydrogen-bond acceptors (Lipinski definition) is 5. The fourth-order valence-corrected chi connectivity index (χ4v) is 2.54. The lowest BCUT2D eigenvalue weighted by atomic mass is 10.1. The highest BCUT2D eigenvalue weighted by Gasteiger charge is 2.44. The van der Waals surface area contributed by atoms with Gasteiger partial charge >= 0.3 is 0 Å². The predicted octanol–water partition coefficient (Wildman–Crippen LogP) is 0.340. The van der Waals surface area contributed by atoms with Gasteiger partial charge < -0.3 is 9.80 Å². The molecule has 0 aliphatic carbocycles. The Morgan fingerprint density at radius 3 is 2.94 bits per heavy atom. The molecule has 0 N–H and O–H groups in total. The number of aliphatic imine (C=N–C) groups is 1. The van der Waals surface area contributed by atoms with Crippen LogP contribution in [0.15, 0.2) is 11.2 Å². The number of nitrogens with zero attached hydrogens (tertiary/aromatic N) is 5. The standard InChI is InChI=1S/C11H15N5O/c1-4-15-6-12-8-9(15)14(3)11-13-7(2)5-16(11)10(8)17/h5-6,8-9H,4H2,1-3H3. The summed E-state index contributed by atoms with van der Waals surface area (Å²) in [6, 6.07) is -0.332. The number of aryl methyl sites for hydroxylation is 1. The fourth-order valence-electron chi connectivity index (χ4n) is 2.54. The van der Waals surface area contributed by atoms with Crippen molar-refractivity contribution in [3.05, 3.63) is 11.9 Å². The zero-order valence-electron chi connectivity index (χ0n) is 10.2. The van der Waals surface area contributed by atoms with Crippen molar-refractivity contribution in [3.63, 3.8) is 0 Å². The molecule has 0 fully saturated rings. The number of anilines is 1. The topological polar surface area (TPSA) is 53.7 Å². The molecule has 0 bridgehead atoms. The van der Waals surface area contributed by atoms with Gasteiger partial charge in [0.2, 0.25) is 5.95 Å². The van der Waals surface area contributed by atoms with E-state index in [0.29, 0.717) is 5.95 Å². The summed E-state index contributed by atoms with van der Waals surface area (Å²) in [4.78, 5) is 25.1. The van der Waals surface area contributed by atoms with Crippen molar-refractivity contribution in [2.45, 2.75) is 26.1 Å². The molecule has 6 nitrogen and oxygen atoms in total. The molecule has 2 unspecified atom stereocenters. The lowest BCUT2D eigenvalue weighted by Gasteiger charge is -2.38. The summed E-state index contributed by atoms with van der Waals surface area (Å²) in [7, 11) is 1.96. The summed E-state index contributed by atoms with van der Waals surface area (Å²) >= 11 is 0. The number of hydrogen-bond donors (Lipinski definition) is 0. The van der Waals surface area contributed by atoms with Crippen LogP contribution < -0.4 is 4.90 Å². The lowest BCUT2D eigenvalue weighted by Crippen LogP contribution is -2.56. The van der Waals surface area contributed by atoms with Crippen LogP contribution in [-0.2, 0) is 0 Å². The number of likely N-dealkylation sites (N-methyl/N-ethyl adjacent to an activating group) is 2. The normalized spacial score (nSPS) is 26.4. The van der Waals surface area contributed by atoms with E-state index in [4.69, 9.17) is 0 Å². The molecule has 0 amide bonds. The third kappa shape index (κ3) is 1.23. The van der Waals surface area contributed by atoms with Crippen molar-refractivity contribution in [3.8, 4) is 0 Å². The van der Waals surface area contributed by atoms with Gasteiger partial charge in [0.05, 0.1) is 12.0 Å². The molecular weight excluding hydrogens is 218 g/mol. The molecule has 6 heteroatoms. The van der Waals surface area contributed by atoms with Gasteiger partial charge in [-0.05, 0) is 13.8 Å². The van der Waals surface area contributed by atoms with Gasteiger partial charge in [0.1, 0.15) is 6.17 Å². The maximum atomic E-state index is 12.3. The maximum Gasteiger partial charge on any atom is 0.262 e. The van der Waals surface area contributed by atoms with Crippen LogP contribution in [0.5, 0.6) is 0 Å². The van der Waals surface area contributed by atoms with Crippen LogP contribution in [0.2, 0.25) is 0 Å². The molecule has 0 aromatic carbocycles. The van der Waals surface area contributed by atoms with Gasteiger partial charge in [0, 0.05) is 19.8 Å². The molecule has 2 aliphatic heterocycles. The van der Waals surface area contributed by atoms with Crippen LogP contribution in [0.1, 0.15) is 17.4 Å². The Bertz CT molecular complexity index is 506. The number of carbonyl (C=O) groups excluding carboxylic acids is 1. The van der Waals surface area contributed by atoms with Crippen molar-refractivity contribution in [1.82, 2.24) is 14.5 Å². The van der Waals surface area contributed by atoms with Crippen molar-refractivity contribution in [2.24, 2.45) is 4.99 Å². The average molecular weight is 233 g/mol. The molecule has 2 atom stereocenters. The number of fused-ring (bicyclic) bond motifs is 2. The van der Waals surface area contributed by atoms with Gasteiger partial charge in [-0.2, -0.15) is 0 Å². The van der Waals surface area contributed by atoms with E-state index in [0.717, 1.165) is 12.2 Å². The van der Waals surface area contributed by atoms with Crippen LogP contribution in [0.4, 0.5) is 5.95 Å². The van der Waals surface area contributed by atoms with E-state index in [1.807, 2.05) is 18.9 Å². The van der Waals surface area contributed by atoms with Crippen LogP contribution >= 0.6 is 0 Å². The first-order chi connectivity index (χ1) is 8.13. The Kier molecular flexibility index (Phi) is 2.01. The van der Waals surface area contributed by atoms with Gasteiger partial charge in [-0.1, -0.05) is 0 Å². The quantitative estimate of drug-likeness (QED) is 0.702. The molecule has 3 heterocycles. The minimum absolute atomic E-state index is 0.0101. The second-order valence-electron chi connectivity index (χ2n) is 4.45. The summed E-state index contributed by atoms with van der Waals surface area (Å²) in [6.45, 7) is 4.78. The van der Waals surface area contributed by atoms with Gasteiger partial charge in [-0.25, -0.2) is 4.98 Å². The summed E-state index contributed by atoms with van der Waals surface area (Å²) in [5.74, 6) is 0.716. The average Bonchev–Trinajstić information content (AvgIpc) is 2.89. The van der Waals surface area contributed by atoms with Crippen LogP contribution in [0, 0.1) is 6.92 Å². The van der Waals surface area contributed by atoms with Gasteiger partial charge in [0.15, 0.2) is 6.04 Å². The third-order valence-corrected chi connectivity index (χ3v) is 3.37. The molecule has 0 saturated carbocycles. The molecule has 0 spiro atoms. The second-order valence-corrected chi connectivity index (χ2v) is 4.45. The van der Waals surface area contributed by atoms with E-state index < -0.39 is 0 Å². The van der Waals surface area contributed by atoms with Gasteiger partial charge in [-0.3, -0.25) is 14.4 Å². The number of imidazole rings is 1. The SMILES string of the molecule is CCN1C=NC2C(=O)n3cc(C)nc3N(C)C21. The smallest absolute Gasteiger partial charge is 0.262 e. The molecule has 2 aliphatic rings.